The Kier molecular flexibility index (Phi) is 11.6. The van der Waals surface area contributed by atoms with E-state index in [9.17, 15) is 0 Å². The molecule has 0 aromatic heterocycles. The van der Waals surface area contributed by atoms with E-state index in [0.29, 0.717) is 6.04 Å². The Morgan fingerprint density at radius 3 is 2.43 bits per heavy atom. The molecule has 0 heterocycles. The molecule has 0 saturated carbocycles. The second-order valence-electron chi connectivity index (χ2n) is 3.96. The lowest BCUT2D eigenvalue weighted by atomic mass is 10.2. The fourth-order valence-corrected chi connectivity index (χ4v) is 2.40. The lowest BCUT2D eigenvalue weighted by molar-refractivity contribution is 0.510. The zero-order chi connectivity index (χ0) is 10.6. The summed E-state index contributed by atoms with van der Waals surface area (Å²) in [4.78, 5) is 0. The first kappa shape index (κ1) is 14.3. The van der Waals surface area contributed by atoms with E-state index in [-0.39, 0.29) is 0 Å². The van der Waals surface area contributed by atoms with Crippen molar-refractivity contribution in [3.05, 3.63) is 0 Å². The van der Waals surface area contributed by atoms with Gasteiger partial charge in [-0.2, -0.15) is 11.8 Å². The first-order valence-corrected chi connectivity index (χ1v) is 7.27. The van der Waals surface area contributed by atoms with E-state index < -0.39 is 0 Å². The van der Waals surface area contributed by atoms with Crippen molar-refractivity contribution in [2.75, 3.05) is 18.1 Å². The topological polar surface area (TPSA) is 12.0 Å². The smallest absolute Gasteiger partial charge is 0.00390 e. The van der Waals surface area contributed by atoms with Crippen LogP contribution in [0.5, 0.6) is 0 Å². The van der Waals surface area contributed by atoms with E-state index in [2.05, 4.69) is 37.8 Å². The van der Waals surface area contributed by atoms with Gasteiger partial charge in [-0.3, -0.25) is 0 Å². The molecule has 1 unspecified atom stereocenters. The molecule has 0 amide bonds. The Hall–Kier alpha value is 0.310. The quantitative estimate of drug-likeness (QED) is 0.560. The van der Waals surface area contributed by atoms with Gasteiger partial charge in [-0.15, -0.1) is 0 Å². The van der Waals surface area contributed by atoms with Crippen molar-refractivity contribution in [1.82, 2.24) is 5.32 Å². The van der Waals surface area contributed by atoms with Gasteiger partial charge < -0.3 is 5.32 Å². The molecular weight excluding hydrogens is 190 g/mol. The van der Waals surface area contributed by atoms with Crippen molar-refractivity contribution < 1.29 is 0 Å². The molecule has 0 aliphatic rings. The molecule has 0 aromatic rings. The number of rotatable bonds is 10. The Labute approximate surface area is 94.4 Å². The predicted octanol–water partition coefficient (Wildman–Crippen LogP) is 3.69. The van der Waals surface area contributed by atoms with Crippen LogP contribution in [0.1, 0.15) is 52.9 Å². The van der Waals surface area contributed by atoms with Crippen LogP contribution in [0.2, 0.25) is 0 Å². The molecule has 86 valence electrons. The molecular formula is C12H27NS. The average Bonchev–Trinajstić information content (AvgIpc) is 2.20. The van der Waals surface area contributed by atoms with E-state index in [1.807, 2.05) is 0 Å². The Bertz CT molecular complexity index is 106. The van der Waals surface area contributed by atoms with E-state index in [1.54, 1.807) is 0 Å². The highest BCUT2D eigenvalue weighted by molar-refractivity contribution is 7.99. The number of hydrogen-bond acceptors (Lipinski definition) is 2. The summed E-state index contributed by atoms with van der Waals surface area (Å²) in [6.07, 6.45) is 6.66. The lowest BCUT2D eigenvalue weighted by Crippen LogP contribution is -2.26. The fourth-order valence-electron chi connectivity index (χ4n) is 1.33. The summed E-state index contributed by atoms with van der Waals surface area (Å²) < 4.78 is 0. The minimum Gasteiger partial charge on any atom is -0.314 e. The van der Waals surface area contributed by atoms with Crippen LogP contribution in [-0.2, 0) is 0 Å². The summed E-state index contributed by atoms with van der Waals surface area (Å²) >= 11 is 2.12. The van der Waals surface area contributed by atoms with Gasteiger partial charge in [0.2, 0.25) is 0 Å². The largest absolute Gasteiger partial charge is 0.314 e. The molecule has 0 rings (SSSR count). The van der Waals surface area contributed by atoms with Crippen molar-refractivity contribution in [2.24, 2.45) is 0 Å². The van der Waals surface area contributed by atoms with Gasteiger partial charge in [0, 0.05) is 6.04 Å². The molecule has 0 radical (unpaired) electrons. The molecule has 2 heteroatoms. The maximum Gasteiger partial charge on any atom is 0.00390 e. The first-order chi connectivity index (χ1) is 6.81. The van der Waals surface area contributed by atoms with Gasteiger partial charge in [-0.1, -0.05) is 20.3 Å². The van der Waals surface area contributed by atoms with Crippen molar-refractivity contribution in [3.8, 4) is 0 Å². The van der Waals surface area contributed by atoms with E-state index in [1.165, 1.54) is 50.2 Å². The highest BCUT2D eigenvalue weighted by Crippen LogP contribution is 2.08. The van der Waals surface area contributed by atoms with Gasteiger partial charge in [-0.25, -0.2) is 0 Å². The highest BCUT2D eigenvalue weighted by Gasteiger charge is 1.99. The Morgan fingerprint density at radius 1 is 1.07 bits per heavy atom. The molecule has 1 nitrogen and oxygen atoms in total. The average molecular weight is 217 g/mol. The molecule has 0 aromatic carbocycles. The molecule has 0 aliphatic carbocycles. The molecule has 0 spiro atoms. The lowest BCUT2D eigenvalue weighted by Gasteiger charge is -2.12. The van der Waals surface area contributed by atoms with Crippen LogP contribution >= 0.6 is 11.8 Å². The van der Waals surface area contributed by atoms with Gasteiger partial charge in [-0.05, 0) is 50.7 Å². The summed E-state index contributed by atoms with van der Waals surface area (Å²) in [6.45, 7) is 7.95. The standard InChI is InChI=1S/C12H27NS/c1-4-6-10-14-11-7-8-12(3)13-9-5-2/h12-13H,4-11H2,1-3H3. The van der Waals surface area contributed by atoms with Crippen LogP contribution in [0.3, 0.4) is 0 Å². The number of thioether (sulfide) groups is 1. The van der Waals surface area contributed by atoms with Crippen molar-refractivity contribution in [1.29, 1.82) is 0 Å². The van der Waals surface area contributed by atoms with E-state index in [0.717, 1.165) is 0 Å². The van der Waals surface area contributed by atoms with Crippen LogP contribution in [-0.4, -0.2) is 24.1 Å². The van der Waals surface area contributed by atoms with Crippen LogP contribution in [0.25, 0.3) is 0 Å². The number of nitrogens with one attached hydrogen (secondary N) is 1. The third kappa shape index (κ3) is 10.4. The minimum atomic E-state index is 0.710. The molecule has 0 fully saturated rings. The van der Waals surface area contributed by atoms with Crippen LogP contribution < -0.4 is 5.32 Å². The monoisotopic (exact) mass is 217 g/mol. The van der Waals surface area contributed by atoms with Gasteiger partial charge in [0.25, 0.3) is 0 Å². The molecule has 1 N–H and O–H groups in total. The second-order valence-corrected chi connectivity index (χ2v) is 5.19. The maximum absolute atomic E-state index is 3.53. The molecule has 0 bridgehead atoms. The summed E-state index contributed by atoms with van der Waals surface area (Å²) in [7, 11) is 0. The van der Waals surface area contributed by atoms with E-state index >= 15 is 0 Å². The van der Waals surface area contributed by atoms with Gasteiger partial charge in [0.05, 0.1) is 0 Å². The molecule has 0 aliphatic heterocycles. The third-order valence-electron chi connectivity index (χ3n) is 2.31. The van der Waals surface area contributed by atoms with Gasteiger partial charge in [0.15, 0.2) is 0 Å². The minimum absolute atomic E-state index is 0.710. The van der Waals surface area contributed by atoms with Crippen LogP contribution in [0, 0.1) is 0 Å². The SMILES string of the molecule is CCCCSCCCC(C)NCCC. The maximum atomic E-state index is 3.53. The van der Waals surface area contributed by atoms with Crippen molar-refractivity contribution in [3.63, 3.8) is 0 Å². The molecule has 1 atom stereocenters. The van der Waals surface area contributed by atoms with Crippen LogP contribution in [0.4, 0.5) is 0 Å². The number of unbranched alkanes of at least 4 members (excludes halogenated alkanes) is 1. The zero-order valence-corrected chi connectivity index (χ0v) is 11.0. The molecule has 14 heavy (non-hydrogen) atoms. The third-order valence-corrected chi connectivity index (χ3v) is 3.47. The number of hydrogen-bond donors (Lipinski definition) is 1. The first-order valence-electron chi connectivity index (χ1n) is 6.12. The summed E-state index contributed by atoms with van der Waals surface area (Å²) in [5, 5.41) is 3.53. The Morgan fingerprint density at radius 2 is 1.79 bits per heavy atom. The predicted molar refractivity (Wildman–Crippen MR) is 69.2 cm³/mol. The second kappa shape index (κ2) is 11.4. The fraction of sp³-hybridized carbons (Fsp3) is 1.00. The van der Waals surface area contributed by atoms with Crippen molar-refractivity contribution >= 4 is 11.8 Å². The van der Waals surface area contributed by atoms with Gasteiger partial charge >= 0.3 is 0 Å². The summed E-state index contributed by atoms with van der Waals surface area (Å²) in [5.74, 6) is 2.70. The highest BCUT2D eigenvalue weighted by atomic mass is 32.2. The Balaban J connectivity index is 3.02. The summed E-state index contributed by atoms with van der Waals surface area (Å²) in [5.41, 5.74) is 0. The zero-order valence-electron chi connectivity index (χ0n) is 10.1. The normalized spacial score (nSPS) is 13.1. The van der Waals surface area contributed by atoms with Crippen molar-refractivity contribution in [2.45, 2.75) is 58.9 Å². The van der Waals surface area contributed by atoms with E-state index in [4.69, 9.17) is 0 Å². The molecule has 0 saturated heterocycles. The van der Waals surface area contributed by atoms with Crippen LogP contribution in [0.15, 0.2) is 0 Å². The van der Waals surface area contributed by atoms with Gasteiger partial charge in [0.1, 0.15) is 0 Å². The summed E-state index contributed by atoms with van der Waals surface area (Å²) in [6, 6.07) is 0.710.